The van der Waals surface area contributed by atoms with E-state index >= 15 is 0 Å². The largest absolute Gasteiger partial charge is 0.489 e. The van der Waals surface area contributed by atoms with Crippen LogP contribution in [0.4, 0.5) is 0 Å². The lowest BCUT2D eigenvalue weighted by Gasteiger charge is -2.13. The number of nitrogens with one attached hydrogen (secondary N) is 1. The van der Waals surface area contributed by atoms with Crippen molar-refractivity contribution in [2.45, 2.75) is 24.7 Å². The molecule has 0 atom stereocenters. The summed E-state index contributed by atoms with van der Waals surface area (Å²) in [7, 11) is 1.84. The average molecular weight is 438 g/mol. The monoisotopic (exact) mass is 437 g/mol. The fraction of sp³-hybridized carbons (Fsp3) is 0.316. The molecule has 1 heterocycles. The Labute approximate surface area is 178 Å². The number of para-hydroxylation sites is 1. The lowest BCUT2D eigenvalue weighted by molar-refractivity contribution is 0.302. The number of hydrogen-bond acceptors (Lipinski definition) is 6. The summed E-state index contributed by atoms with van der Waals surface area (Å²) in [5.41, 5.74) is 2.02. The van der Waals surface area contributed by atoms with Gasteiger partial charge in [-0.3, -0.25) is 0 Å². The van der Waals surface area contributed by atoms with E-state index in [-0.39, 0.29) is 0 Å². The number of rotatable bonds is 10. The molecule has 1 aromatic heterocycles. The predicted molar refractivity (Wildman–Crippen MR) is 113 cm³/mol. The molecule has 1 N–H and O–H groups in total. The summed E-state index contributed by atoms with van der Waals surface area (Å²) in [4.78, 5) is 0. The van der Waals surface area contributed by atoms with Crippen LogP contribution in [0.3, 0.4) is 0 Å². The maximum Gasteiger partial charge on any atom is 0.209 e. The molecule has 0 aliphatic carbocycles. The molecule has 148 valence electrons. The number of hydrogen-bond donors (Lipinski definition) is 1. The molecule has 0 spiro atoms. The fourth-order valence-electron chi connectivity index (χ4n) is 2.51. The highest BCUT2D eigenvalue weighted by atomic mass is 35.5. The van der Waals surface area contributed by atoms with Gasteiger partial charge in [0.2, 0.25) is 5.16 Å². The van der Waals surface area contributed by atoms with Crippen molar-refractivity contribution in [2.75, 3.05) is 12.3 Å². The molecule has 2 aromatic carbocycles. The first-order valence-electron chi connectivity index (χ1n) is 8.84. The van der Waals surface area contributed by atoms with Crippen LogP contribution >= 0.6 is 35.0 Å². The standard InChI is InChI=1S/C19H21Cl2N5OS/c1-26-19(23-24-25-26)28-10-4-9-22-12-14-5-2-3-6-18(14)27-13-15-7-8-16(20)11-17(15)21/h2-3,5-8,11,22H,4,9-10,12-13H2,1H3. The maximum atomic E-state index is 6.22. The molecular formula is C19H21Cl2N5OS. The molecule has 0 bridgehead atoms. The van der Waals surface area contributed by atoms with Gasteiger partial charge in [-0.2, -0.15) is 0 Å². The molecule has 0 saturated heterocycles. The second kappa shape index (κ2) is 10.7. The number of halogens is 2. The Morgan fingerprint density at radius 1 is 1.14 bits per heavy atom. The quantitative estimate of drug-likeness (QED) is 0.375. The molecule has 0 fully saturated rings. The number of aromatic nitrogens is 4. The first kappa shape index (κ1) is 20.9. The van der Waals surface area contributed by atoms with E-state index in [1.165, 1.54) is 0 Å². The van der Waals surface area contributed by atoms with Crippen molar-refractivity contribution in [1.29, 1.82) is 0 Å². The van der Waals surface area contributed by atoms with E-state index in [1.54, 1.807) is 22.5 Å². The van der Waals surface area contributed by atoms with Crippen LogP contribution in [0.1, 0.15) is 17.5 Å². The Kier molecular flexibility index (Phi) is 7.97. The molecule has 3 rings (SSSR count). The first-order valence-corrected chi connectivity index (χ1v) is 10.6. The number of ether oxygens (including phenoxy) is 1. The smallest absolute Gasteiger partial charge is 0.209 e. The van der Waals surface area contributed by atoms with Crippen LogP contribution < -0.4 is 10.1 Å². The second-order valence-electron chi connectivity index (χ2n) is 6.10. The third-order valence-electron chi connectivity index (χ3n) is 4.00. The summed E-state index contributed by atoms with van der Waals surface area (Å²) in [6.07, 6.45) is 1.01. The summed E-state index contributed by atoms with van der Waals surface area (Å²) in [6, 6.07) is 13.4. The maximum absolute atomic E-state index is 6.22. The van der Waals surface area contributed by atoms with Crippen LogP contribution in [0.25, 0.3) is 0 Å². The van der Waals surface area contributed by atoms with Crippen molar-refractivity contribution in [3.63, 3.8) is 0 Å². The van der Waals surface area contributed by atoms with Gasteiger partial charge in [-0.05, 0) is 41.6 Å². The van der Waals surface area contributed by atoms with E-state index in [1.807, 2.05) is 37.4 Å². The van der Waals surface area contributed by atoms with Gasteiger partial charge < -0.3 is 10.1 Å². The summed E-state index contributed by atoms with van der Waals surface area (Å²) in [5.74, 6) is 1.80. The van der Waals surface area contributed by atoms with Crippen molar-refractivity contribution >= 4 is 35.0 Å². The highest BCUT2D eigenvalue weighted by molar-refractivity contribution is 7.99. The third-order valence-corrected chi connectivity index (χ3v) is 5.68. The fourth-order valence-corrected chi connectivity index (χ4v) is 3.76. The molecule has 0 amide bonds. The van der Waals surface area contributed by atoms with Crippen LogP contribution in [-0.2, 0) is 20.2 Å². The zero-order valence-corrected chi connectivity index (χ0v) is 17.8. The summed E-state index contributed by atoms with van der Waals surface area (Å²) >= 11 is 13.8. The summed E-state index contributed by atoms with van der Waals surface area (Å²) in [6.45, 7) is 2.03. The van der Waals surface area contributed by atoms with Gasteiger partial charge >= 0.3 is 0 Å². The number of benzene rings is 2. The Balaban J connectivity index is 1.44. The Morgan fingerprint density at radius 2 is 2.00 bits per heavy atom. The lowest BCUT2D eigenvalue weighted by Crippen LogP contribution is -2.16. The van der Waals surface area contributed by atoms with Gasteiger partial charge in [0.1, 0.15) is 12.4 Å². The van der Waals surface area contributed by atoms with Gasteiger partial charge in [0, 0.05) is 40.5 Å². The summed E-state index contributed by atoms with van der Waals surface area (Å²) in [5, 5.41) is 16.9. The minimum atomic E-state index is 0.398. The van der Waals surface area contributed by atoms with Gasteiger partial charge in [0.25, 0.3) is 0 Å². The third kappa shape index (κ3) is 6.10. The van der Waals surface area contributed by atoms with Crippen LogP contribution in [0.15, 0.2) is 47.6 Å². The second-order valence-corrected chi connectivity index (χ2v) is 8.00. The van der Waals surface area contributed by atoms with Gasteiger partial charge in [0.15, 0.2) is 0 Å². The van der Waals surface area contributed by atoms with Gasteiger partial charge in [-0.1, -0.05) is 59.2 Å². The molecule has 0 radical (unpaired) electrons. The molecule has 9 heteroatoms. The zero-order chi connectivity index (χ0) is 19.8. The van der Waals surface area contributed by atoms with Crippen LogP contribution in [-0.4, -0.2) is 32.5 Å². The number of thioether (sulfide) groups is 1. The lowest BCUT2D eigenvalue weighted by atomic mass is 10.2. The number of nitrogens with zero attached hydrogens (tertiary/aromatic N) is 4. The van der Waals surface area contributed by atoms with Gasteiger partial charge in [-0.25, -0.2) is 4.68 Å². The van der Waals surface area contributed by atoms with Crippen molar-refractivity contribution in [3.8, 4) is 5.75 Å². The minimum absolute atomic E-state index is 0.398. The molecular weight excluding hydrogens is 417 g/mol. The highest BCUT2D eigenvalue weighted by Gasteiger charge is 2.06. The van der Waals surface area contributed by atoms with Crippen LogP contribution in [0.5, 0.6) is 5.75 Å². The molecule has 0 saturated carbocycles. The topological polar surface area (TPSA) is 64.9 Å². The van der Waals surface area contributed by atoms with Crippen molar-refractivity contribution in [3.05, 3.63) is 63.6 Å². The van der Waals surface area contributed by atoms with E-state index in [2.05, 4.69) is 26.9 Å². The summed E-state index contributed by atoms with van der Waals surface area (Å²) < 4.78 is 7.67. The van der Waals surface area contributed by atoms with E-state index in [0.29, 0.717) is 16.7 Å². The normalized spacial score (nSPS) is 11.0. The zero-order valence-electron chi connectivity index (χ0n) is 15.4. The van der Waals surface area contributed by atoms with Gasteiger partial charge in [-0.15, -0.1) is 5.10 Å². The number of tetrazole rings is 1. The molecule has 0 aliphatic heterocycles. The van der Waals surface area contributed by atoms with E-state index in [0.717, 1.165) is 47.3 Å². The van der Waals surface area contributed by atoms with E-state index < -0.39 is 0 Å². The minimum Gasteiger partial charge on any atom is -0.489 e. The highest BCUT2D eigenvalue weighted by Crippen LogP contribution is 2.24. The Bertz CT molecular complexity index is 906. The molecule has 28 heavy (non-hydrogen) atoms. The average Bonchev–Trinajstić information content (AvgIpc) is 3.09. The van der Waals surface area contributed by atoms with Crippen molar-refractivity contribution < 1.29 is 4.74 Å². The Morgan fingerprint density at radius 3 is 2.79 bits per heavy atom. The predicted octanol–water partition coefficient (Wildman–Crippen LogP) is 4.37. The van der Waals surface area contributed by atoms with Crippen LogP contribution in [0, 0.1) is 0 Å². The van der Waals surface area contributed by atoms with E-state index in [9.17, 15) is 0 Å². The molecule has 0 aliphatic rings. The van der Waals surface area contributed by atoms with Gasteiger partial charge in [0.05, 0.1) is 0 Å². The van der Waals surface area contributed by atoms with E-state index in [4.69, 9.17) is 27.9 Å². The van der Waals surface area contributed by atoms with Crippen LogP contribution in [0.2, 0.25) is 10.0 Å². The molecule has 6 nitrogen and oxygen atoms in total. The first-order chi connectivity index (χ1) is 13.6. The van der Waals surface area contributed by atoms with Crippen molar-refractivity contribution in [1.82, 2.24) is 25.5 Å². The SMILES string of the molecule is Cn1nnnc1SCCCNCc1ccccc1OCc1ccc(Cl)cc1Cl. The van der Waals surface area contributed by atoms with Crippen molar-refractivity contribution in [2.24, 2.45) is 7.05 Å². The molecule has 0 unspecified atom stereocenters. The Hall–Kier alpha value is -1.80. The molecule has 3 aromatic rings. The number of aryl methyl sites for hydroxylation is 1.